The van der Waals surface area contributed by atoms with E-state index in [1.54, 1.807) is 0 Å². The number of imide groups is 1. The molecule has 5 heteroatoms. The Morgan fingerprint density at radius 3 is 2.00 bits per heavy atom. The molecule has 0 fully saturated rings. The second-order valence-corrected chi connectivity index (χ2v) is 2.42. The quantitative estimate of drug-likeness (QED) is 0.639. The van der Waals surface area contributed by atoms with Crippen LogP contribution in [0.25, 0.3) is 0 Å². The van der Waals surface area contributed by atoms with E-state index in [1.165, 1.54) is 0 Å². The van der Waals surface area contributed by atoms with Gasteiger partial charge in [-0.15, -0.1) is 0 Å². The van der Waals surface area contributed by atoms with Gasteiger partial charge in [0.2, 0.25) is 0 Å². The number of carbonyl (C=O) groups is 2. The van der Waals surface area contributed by atoms with Gasteiger partial charge in [-0.1, -0.05) is 19.8 Å². The van der Waals surface area contributed by atoms with Crippen LogP contribution in [0.15, 0.2) is 0 Å². The molecule has 0 radical (unpaired) electrons. The van der Waals surface area contributed by atoms with Gasteiger partial charge in [-0.05, 0) is 6.42 Å². The highest BCUT2D eigenvalue weighted by Crippen LogP contribution is 1.99. The van der Waals surface area contributed by atoms with E-state index in [1.807, 2.05) is 6.92 Å². The number of rotatable bonds is 4. The minimum atomic E-state index is -1.40. The molecule has 70 valence electrons. The lowest BCUT2D eigenvalue weighted by Gasteiger charge is -2.11. The van der Waals surface area contributed by atoms with Gasteiger partial charge in [-0.3, -0.25) is 0 Å². The van der Waals surface area contributed by atoms with Crippen LogP contribution in [0.5, 0.6) is 0 Å². The summed E-state index contributed by atoms with van der Waals surface area (Å²) in [5, 5.41) is 16.8. The maximum Gasteiger partial charge on any atom is 0.416 e. The summed E-state index contributed by atoms with van der Waals surface area (Å²) in [4.78, 5) is 21.0. The van der Waals surface area contributed by atoms with Crippen LogP contribution in [0.1, 0.15) is 26.2 Å². The van der Waals surface area contributed by atoms with Crippen LogP contribution in [0.4, 0.5) is 9.59 Å². The first-order valence-electron chi connectivity index (χ1n) is 3.83. The predicted octanol–water partition coefficient (Wildman–Crippen LogP) is 1.83. The second-order valence-electron chi connectivity index (χ2n) is 2.42. The SMILES string of the molecule is CCCCCN(C(=O)O)C(=O)O. The summed E-state index contributed by atoms with van der Waals surface area (Å²) in [7, 11) is 0. The molecule has 2 N–H and O–H groups in total. The number of nitrogens with zero attached hydrogens (tertiary/aromatic N) is 1. The third kappa shape index (κ3) is 3.80. The molecule has 0 aliphatic rings. The number of unbranched alkanes of at least 4 members (excludes halogenated alkanes) is 2. The van der Waals surface area contributed by atoms with Gasteiger partial charge in [0, 0.05) is 6.54 Å². The molecular weight excluding hydrogens is 162 g/mol. The van der Waals surface area contributed by atoms with E-state index < -0.39 is 12.2 Å². The zero-order valence-corrected chi connectivity index (χ0v) is 6.99. The molecule has 0 heterocycles. The van der Waals surface area contributed by atoms with Gasteiger partial charge in [0.05, 0.1) is 0 Å². The molecule has 0 saturated heterocycles. The molecule has 0 rings (SSSR count). The topological polar surface area (TPSA) is 77.8 Å². The van der Waals surface area contributed by atoms with Crippen LogP contribution in [-0.2, 0) is 0 Å². The number of carboxylic acid groups (broad SMARTS) is 2. The summed E-state index contributed by atoms with van der Waals surface area (Å²) >= 11 is 0. The van der Waals surface area contributed by atoms with Crippen molar-refractivity contribution in [1.82, 2.24) is 4.90 Å². The van der Waals surface area contributed by atoms with Crippen molar-refractivity contribution >= 4 is 12.2 Å². The van der Waals surface area contributed by atoms with E-state index >= 15 is 0 Å². The molecule has 0 aromatic heterocycles. The molecule has 0 unspecified atom stereocenters. The lowest BCUT2D eigenvalue weighted by atomic mass is 10.2. The highest BCUT2D eigenvalue weighted by molar-refractivity contribution is 5.85. The zero-order valence-electron chi connectivity index (χ0n) is 6.99. The molecular formula is C7H13NO4. The summed E-state index contributed by atoms with van der Waals surface area (Å²) in [6, 6.07) is 0. The highest BCUT2D eigenvalue weighted by Gasteiger charge is 2.17. The third-order valence-corrected chi connectivity index (χ3v) is 1.45. The van der Waals surface area contributed by atoms with E-state index in [9.17, 15) is 9.59 Å². The Bertz CT molecular complexity index is 155. The zero-order chi connectivity index (χ0) is 9.56. The van der Waals surface area contributed by atoms with Crippen molar-refractivity contribution < 1.29 is 19.8 Å². The first kappa shape index (κ1) is 10.7. The fraction of sp³-hybridized carbons (Fsp3) is 0.714. The smallest absolute Gasteiger partial charge is 0.416 e. The Balaban J connectivity index is 3.80. The van der Waals surface area contributed by atoms with E-state index in [-0.39, 0.29) is 6.54 Å². The predicted molar refractivity (Wildman–Crippen MR) is 42.3 cm³/mol. The molecule has 0 spiro atoms. The maximum absolute atomic E-state index is 10.3. The van der Waals surface area contributed by atoms with Crippen molar-refractivity contribution in [3.63, 3.8) is 0 Å². The van der Waals surface area contributed by atoms with Crippen LogP contribution in [0.2, 0.25) is 0 Å². The van der Waals surface area contributed by atoms with Gasteiger partial charge in [0.1, 0.15) is 0 Å². The molecule has 2 amide bonds. The van der Waals surface area contributed by atoms with Crippen molar-refractivity contribution in [3.05, 3.63) is 0 Å². The monoisotopic (exact) mass is 175 g/mol. The van der Waals surface area contributed by atoms with Crippen LogP contribution in [0.3, 0.4) is 0 Å². The Hall–Kier alpha value is -1.26. The third-order valence-electron chi connectivity index (χ3n) is 1.45. The Kier molecular flexibility index (Phi) is 4.83. The van der Waals surface area contributed by atoms with Crippen molar-refractivity contribution in [3.8, 4) is 0 Å². The lowest BCUT2D eigenvalue weighted by molar-refractivity contribution is 0.122. The van der Waals surface area contributed by atoms with Crippen molar-refractivity contribution in [2.75, 3.05) is 6.54 Å². The average molecular weight is 175 g/mol. The summed E-state index contributed by atoms with van der Waals surface area (Å²) in [5.41, 5.74) is 0. The van der Waals surface area contributed by atoms with Crippen molar-refractivity contribution in [2.24, 2.45) is 0 Å². The number of amides is 2. The Morgan fingerprint density at radius 1 is 1.17 bits per heavy atom. The minimum Gasteiger partial charge on any atom is -0.465 e. The van der Waals surface area contributed by atoms with Crippen molar-refractivity contribution in [2.45, 2.75) is 26.2 Å². The standard InChI is InChI=1S/C7H13NO4/c1-2-3-4-5-8(6(9)10)7(11)12/h2-5H2,1H3,(H,9,10)(H,11,12). The van der Waals surface area contributed by atoms with Gasteiger partial charge in [0.15, 0.2) is 0 Å². The average Bonchev–Trinajstić information content (AvgIpc) is 1.96. The van der Waals surface area contributed by atoms with E-state index in [0.29, 0.717) is 11.3 Å². The minimum absolute atomic E-state index is 0.0680. The van der Waals surface area contributed by atoms with E-state index in [0.717, 1.165) is 12.8 Å². The molecule has 0 atom stereocenters. The lowest BCUT2D eigenvalue weighted by Crippen LogP contribution is -2.35. The molecule has 5 nitrogen and oxygen atoms in total. The van der Waals surface area contributed by atoms with E-state index in [4.69, 9.17) is 10.2 Å². The van der Waals surface area contributed by atoms with Crippen molar-refractivity contribution in [1.29, 1.82) is 0 Å². The molecule has 0 bridgehead atoms. The van der Waals surface area contributed by atoms with Gasteiger partial charge >= 0.3 is 12.2 Å². The molecule has 0 aromatic carbocycles. The van der Waals surface area contributed by atoms with Crippen LogP contribution in [0, 0.1) is 0 Å². The Labute approximate surface area is 70.6 Å². The van der Waals surface area contributed by atoms with E-state index in [2.05, 4.69) is 0 Å². The molecule has 0 aliphatic carbocycles. The largest absolute Gasteiger partial charge is 0.465 e. The maximum atomic E-state index is 10.3. The highest BCUT2D eigenvalue weighted by atomic mass is 16.4. The number of hydrogen-bond donors (Lipinski definition) is 2. The molecule has 0 saturated carbocycles. The Morgan fingerprint density at radius 2 is 1.67 bits per heavy atom. The normalized spacial score (nSPS) is 9.42. The van der Waals surface area contributed by atoms with Gasteiger partial charge in [-0.25, -0.2) is 14.5 Å². The van der Waals surface area contributed by atoms with Crippen LogP contribution < -0.4 is 0 Å². The summed E-state index contributed by atoms with van der Waals surface area (Å²) < 4.78 is 0. The van der Waals surface area contributed by atoms with Crippen LogP contribution >= 0.6 is 0 Å². The first-order valence-corrected chi connectivity index (χ1v) is 3.83. The molecule has 0 aliphatic heterocycles. The molecule has 0 aromatic rings. The second kappa shape index (κ2) is 5.40. The molecule has 12 heavy (non-hydrogen) atoms. The summed E-state index contributed by atoms with van der Waals surface area (Å²) in [5.74, 6) is 0. The summed E-state index contributed by atoms with van der Waals surface area (Å²) in [6.07, 6.45) is -0.434. The van der Waals surface area contributed by atoms with Gasteiger partial charge < -0.3 is 10.2 Å². The van der Waals surface area contributed by atoms with Gasteiger partial charge in [-0.2, -0.15) is 0 Å². The number of hydrogen-bond acceptors (Lipinski definition) is 2. The van der Waals surface area contributed by atoms with Gasteiger partial charge in [0.25, 0.3) is 0 Å². The fourth-order valence-electron chi connectivity index (χ4n) is 0.793. The fourth-order valence-corrected chi connectivity index (χ4v) is 0.793. The van der Waals surface area contributed by atoms with Crippen LogP contribution in [-0.4, -0.2) is 33.8 Å². The first-order chi connectivity index (χ1) is 5.59. The summed E-state index contributed by atoms with van der Waals surface area (Å²) in [6.45, 7) is 2.03.